The molecule has 0 fully saturated rings. The second kappa shape index (κ2) is 28.2. The van der Waals surface area contributed by atoms with E-state index in [2.05, 4.69) is 19.1 Å². The van der Waals surface area contributed by atoms with Crippen LogP contribution in [0.2, 0.25) is 0 Å². The van der Waals surface area contributed by atoms with Crippen molar-refractivity contribution < 1.29 is 23.8 Å². The van der Waals surface area contributed by atoms with Crippen LogP contribution < -0.4 is 0 Å². The highest BCUT2D eigenvalue weighted by atomic mass is 16.6. The molecule has 0 aromatic heterocycles. The zero-order valence-electron chi connectivity index (χ0n) is 24.0. The number of hydrogen-bond donors (Lipinski definition) is 0. The molecule has 0 N–H and O–H groups in total. The van der Waals surface area contributed by atoms with Gasteiger partial charge in [0.1, 0.15) is 6.61 Å². The van der Waals surface area contributed by atoms with E-state index in [4.69, 9.17) is 14.2 Å². The SMILES string of the molecule is CCCCCCC=CCCCCCCCCCCCCCCCCOCC(COC(C)=O)OC(C)=O. The van der Waals surface area contributed by atoms with Crippen molar-refractivity contribution in [2.45, 2.75) is 155 Å². The minimum Gasteiger partial charge on any atom is -0.462 e. The lowest BCUT2D eigenvalue weighted by molar-refractivity contribution is -0.159. The van der Waals surface area contributed by atoms with Crippen molar-refractivity contribution in [2.75, 3.05) is 19.8 Å². The summed E-state index contributed by atoms with van der Waals surface area (Å²) in [4.78, 5) is 22.0. The average molecular weight is 511 g/mol. The molecule has 0 aromatic rings. The van der Waals surface area contributed by atoms with Crippen LogP contribution >= 0.6 is 0 Å². The van der Waals surface area contributed by atoms with Crippen molar-refractivity contribution in [3.8, 4) is 0 Å². The van der Waals surface area contributed by atoms with E-state index >= 15 is 0 Å². The van der Waals surface area contributed by atoms with E-state index in [1.54, 1.807) is 0 Å². The zero-order valence-corrected chi connectivity index (χ0v) is 24.0. The summed E-state index contributed by atoms with van der Waals surface area (Å²) >= 11 is 0. The maximum atomic E-state index is 11.1. The third-order valence-corrected chi connectivity index (χ3v) is 6.41. The van der Waals surface area contributed by atoms with E-state index < -0.39 is 12.1 Å². The zero-order chi connectivity index (χ0) is 26.5. The highest BCUT2D eigenvalue weighted by molar-refractivity contribution is 5.67. The van der Waals surface area contributed by atoms with E-state index in [-0.39, 0.29) is 19.2 Å². The van der Waals surface area contributed by atoms with Gasteiger partial charge in [0.15, 0.2) is 6.10 Å². The monoisotopic (exact) mass is 510 g/mol. The number of ether oxygens (including phenoxy) is 3. The molecule has 0 heterocycles. The molecular weight excluding hydrogens is 452 g/mol. The summed E-state index contributed by atoms with van der Waals surface area (Å²) in [6, 6.07) is 0. The number of rotatable bonds is 27. The molecule has 0 aromatic carbocycles. The minimum absolute atomic E-state index is 0.0477. The predicted octanol–water partition coefficient (Wildman–Crippen LogP) is 8.88. The predicted molar refractivity (Wildman–Crippen MR) is 150 cm³/mol. The normalized spacial score (nSPS) is 12.2. The van der Waals surface area contributed by atoms with Gasteiger partial charge >= 0.3 is 11.9 Å². The molecule has 0 spiro atoms. The summed E-state index contributed by atoms with van der Waals surface area (Å²) in [7, 11) is 0. The Morgan fingerprint density at radius 1 is 0.583 bits per heavy atom. The Kier molecular flexibility index (Phi) is 27.1. The molecule has 0 saturated heterocycles. The number of allylic oxidation sites excluding steroid dienone is 2. The molecule has 5 nitrogen and oxygen atoms in total. The van der Waals surface area contributed by atoms with Crippen molar-refractivity contribution >= 4 is 11.9 Å². The van der Waals surface area contributed by atoms with Crippen molar-refractivity contribution in [3.05, 3.63) is 12.2 Å². The van der Waals surface area contributed by atoms with Crippen LogP contribution in [0.5, 0.6) is 0 Å². The Labute approximate surface area is 223 Å². The number of esters is 2. The van der Waals surface area contributed by atoms with E-state index in [0.717, 1.165) is 12.8 Å². The van der Waals surface area contributed by atoms with Crippen LogP contribution in [-0.2, 0) is 23.8 Å². The second-order valence-corrected chi connectivity index (χ2v) is 10.2. The van der Waals surface area contributed by atoms with Crippen molar-refractivity contribution in [1.82, 2.24) is 0 Å². The van der Waals surface area contributed by atoms with Gasteiger partial charge in [-0.2, -0.15) is 0 Å². The standard InChI is InChI=1S/C31H58O5/c1-4-5-6-7-8-9-10-11-12-13-14-15-16-17-18-19-20-21-22-23-24-25-26-34-27-31(36-30(3)33)28-35-29(2)32/h9-10,31H,4-8,11-28H2,1-3H3. The number of unbranched alkanes of at least 4 members (excludes halogenated alkanes) is 18. The minimum atomic E-state index is -0.524. The summed E-state index contributed by atoms with van der Waals surface area (Å²) in [6.07, 6.45) is 30.9. The van der Waals surface area contributed by atoms with Crippen molar-refractivity contribution in [1.29, 1.82) is 0 Å². The molecule has 0 aliphatic heterocycles. The van der Waals surface area contributed by atoms with Gasteiger partial charge in [-0.1, -0.05) is 115 Å². The third-order valence-electron chi connectivity index (χ3n) is 6.41. The fraction of sp³-hybridized carbons (Fsp3) is 0.871. The summed E-state index contributed by atoms with van der Waals surface area (Å²) < 4.78 is 15.6. The molecule has 0 aliphatic rings. The molecule has 212 valence electrons. The van der Waals surface area contributed by atoms with Crippen molar-refractivity contribution in [2.24, 2.45) is 0 Å². The first-order valence-electron chi connectivity index (χ1n) is 15.1. The quantitative estimate of drug-likeness (QED) is 0.0627. The molecule has 1 unspecified atom stereocenters. The molecule has 0 aliphatic carbocycles. The number of carbonyl (C=O) groups is 2. The second-order valence-electron chi connectivity index (χ2n) is 10.2. The van der Waals surface area contributed by atoms with Gasteiger partial charge in [0.05, 0.1) is 6.61 Å². The Bertz CT molecular complexity index is 517. The number of carbonyl (C=O) groups excluding carboxylic acids is 2. The number of hydrogen-bond acceptors (Lipinski definition) is 5. The molecule has 0 rings (SSSR count). The molecule has 0 saturated carbocycles. The molecular formula is C31H58O5. The molecule has 36 heavy (non-hydrogen) atoms. The van der Waals surface area contributed by atoms with E-state index in [1.807, 2.05) is 0 Å². The fourth-order valence-corrected chi connectivity index (χ4v) is 4.29. The Morgan fingerprint density at radius 2 is 1.03 bits per heavy atom. The Morgan fingerprint density at radius 3 is 1.47 bits per heavy atom. The van der Waals surface area contributed by atoms with Gasteiger partial charge in [0.25, 0.3) is 0 Å². The Hall–Kier alpha value is -1.36. The molecule has 0 bridgehead atoms. The van der Waals surface area contributed by atoms with Crippen LogP contribution in [0.15, 0.2) is 12.2 Å². The lowest BCUT2D eigenvalue weighted by Crippen LogP contribution is -2.28. The van der Waals surface area contributed by atoms with Crippen molar-refractivity contribution in [3.63, 3.8) is 0 Å². The maximum absolute atomic E-state index is 11.1. The average Bonchev–Trinajstić information content (AvgIpc) is 2.84. The molecule has 0 amide bonds. The van der Waals surface area contributed by atoms with Gasteiger partial charge in [-0.25, -0.2) is 0 Å². The van der Waals surface area contributed by atoms with Crippen LogP contribution in [0, 0.1) is 0 Å². The smallest absolute Gasteiger partial charge is 0.303 e. The van der Waals surface area contributed by atoms with Crippen LogP contribution in [0.1, 0.15) is 149 Å². The lowest BCUT2D eigenvalue weighted by atomic mass is 10.0. The van der Waals surface area contributed by atoms with Gasteiger partial charge in [-0.05, 0) is 32.1 Å². The highest BCUT2D eigenvalue weighted by Crippen LogP contribution is 2.14. The van der Waals surface area contributed by atoms with Gasteiger partial charge in [0.2, 0.25) is 0 Å². The first-order chi connectivity index (χ1) is 17.6. The topological polar surface area (TPSA) is 61.8 Å². The molecule has 0 radical (unpaired) electrons. The highest BCUT2D eigenvalue weighted by Gasteiger charge is 2.14. The molecule has 5 heteroatoms. The van der Waals surface area contributed by atoms with Gasteiger partial charge in [-0.15, -0.1) is 0 Å². The van der Waals surface area contributed by atoms with Gasteiger partial charge in [0, 0.05) is 20.5 Å². The van der Waals surface area contributed by atoms with Crippen LogP contribution in [0.4, 0.5) is 0 Å². The third kappa shape index (κ3) is 28.9. The fourth-order valence-electron chi connectivity index (χ4n) is 4.29. The van der Waals surface area contributed by atoms with E-state index in [0.29, 0.717) is 6.61 Å². The van der Waals surface area contributed by atoms with Gasteiger partial charge in [-0.3, -0.25) is 9.59 Å². The van der Waals surface area contributed by atoms with E-state index in [9.17, 15) is 9.59 Å². The first-order valence-corrected chi connectivity index (χ1v) is 15.1. The van der Waals surface area contributed by atoms with Crippen LogP contribution in [0.3, 0.4) is 0 Å². The van der Waals surface area contributed by atoms with E-state index in [1.165, 1.54) is 129 Å². The lowest BCUT2D eigenvalue weighted by Gasteiger charge is -2.16. The summed E-state index contributed by atoms with van der Waals surface area (Å²) in [5, 5.41) is 0. The summed E-state index contributed by atoms with van der Waals surface area (Å²) in [6.45, 7) is 5.92. The first kappa shape index (κ1) is 34.6. The Balaban J connectivity index is 3.29. The summed E-state index contributed by atoms with van der Waals surface area (Å²) in [5.74, 6) is -0.775. The van der Waals surface area contributed by atoms with Crippen LogP contribution in [0.25, 0.3) is 0 Å². The molecule has 1 atom stereocenters. The van der Waals surface area contributed by atoms with Gasteiger partial charge < -0.3 is 14.2 Å². The van der Waals surface area contributed by atoms with Crippen LogP contribution in [-0.4, -0.2) is 37.9 Å². The largest absolute Gasteiger partial charge is 0.462 e. The maximum Gasteiger partial charge on any atom is 0.303 e. The summed E-state index contributed by atoms with van der Waals surface area (Å²) in [5.41, 5.74) is 0.